The van der Waals surface area contributed by atoms with Gasteiger partial charge >= 0.3 is 12.0 Å². The average molecular weight is 344 g/mol. The van der Waals surface area contributed by atoms with E-state index in [1.54, 1.807) is 6.92 Å². The van der Waals surface area contributed by atoms with Crippen molar-refractivity contribution in [1.82, 2.24) is 15.6 Å². The number of pyridine rings is 1. The lowest BCUT2D eigenvalue weighted by atomic mass is 10.3. The van der Waals surface area contributed by atoms with Crippen molar-refractivity contribution < 1.29 is 19.1 Å². The number of carbonyl (C=O) groups is 3. The summed E-state index contributed by atoms with van der Waals surface area (Å²) >= 11 is 3.17. The zero-order valence-electron chi connectivity index (χ0n) is 11.0. The Bertz CT molecular complexity index is 521. The minimum atomic E-state index is -1.09. The van der Waals surface area contributed by atoms with Crippen LogP contribution in [0.25, 0.3) is 0 Å². The molecular weight excluding hydrogens is 330 g/mol. The number of esters is 1. The van der Waals surface area contributed by atoms with Crippen LogP contribution < -0.4 is 10.6 Å². The first-order valence-electron chi connectivity index (χ1n) is 5.84. The van der Waals surface area contributed by atoms with E-state index in [0.717, 1.165) is 0 Å². The Hall–Kier alpha value is -1.96. The van der Waals surface area contributed by atoms with Gasteiger partial charge in [0.15, 0.2) is 6.10 Å². The largest absolute Gasteiger partial charge is 0.449 e. The molecule has 108 valence electrons. The van der Waals surface area contributed by atoms with Gasteiger partial charge in [0.25, 0.3) is 5.91 Å². The molecule has 1 heterocycles. The van der Waals surface area contributed by atoms with E-state index >= 15 is 0 Å². The van der Waals surface area contributed by atoms with E-state index in [1.165, 1.54) is 25.4 Å². The molecule has 0 radical (unpaired) electrons. The molecule has 0 aromatic carbocycles. The smallest absolute Gasteiger partial charge is 0.340 e. The standard InChI is InChI=1S/C12H14BrN3O4/c1-3-15-12(19)16-10(17)7(2)20-11(18)8-4-9(13)6-14-5-8/h4-7H,3H2,1-2H3,(H2,15,16,17,19). The minimum Gasteiger partial charge on any atom is -0.449 e. The van der Waals surface area contributed by atoms with Crippen molar-refractivity contribution in [2.24, 2.45) is 0 Å². The molecule has 8 heteroatoms. The molecular formula is C12H14BrN3O4. The number of nitrogens with one attached hydrogen (secondary N) is 2. The van der Waals surface area contributed by atoms with Gasteiger partial charge in [0.2, 0.25) is 0 Å². The summed E-state index contributed by atoms with van der Waals surface area (Å²) in [7, 11) is 0. The number of hydrogen-bond donors (Lipinski definition) is 2. The average Bonchev–Trinajstić information content (AvgIpc) is 2.38. The summed E-state index contributed by atoms with van der Waals surface area (Å²) in [5.41, 5.74) is 0.206. The number of nitrogens with zero attached hydrogens (tertiary/aromatic N) is 1. The molecule has 0 spiro atoms. The van der Waals surface area contributed by atoms with E-state index in [-0.39, 0.29) is 5.56 Å². The molecule has 7 nitrogen and oxygen atoms in total. The lowest BCUT2D eigenvalue weighted by Gasteiger charge is -2.12. The van der Waals surface area contributed by atoms with Gasteiger partial charge in [-0.1, -0.05) is 0 Å². The highest BCUT2D eigenvalue weighted by atomic mass is 79.9. The number of halogens is 1. The second kappa shape index (κ2) is 7.59. The fourth-order valence-corrected chi connectivity index (χ4v) is 1.59. The molecule has 0 saturated heterocycles. The van der Waals surface area contributed by atoms with Gasteiger partial charge in [0, 0.05) is 23.4 Å². The van der Waals surface area contributed by atoms with Crippen molar-refractivity contribution in [2.75, 3.05) is 6.54 Å². The maximum Gasteiger partial charge on any atom is 0.340 e. The molecule has 0 fully saturated rings. The maximum atomic E-state index is 11.8. The van der Waals surface area contributed by atoms with Crippen LogP contribution in [-0.2, 0) is 9.53 Å². The Labute approximate surface area is 124 Å². The molecule has 2 N–H and O–H groups in total. The van der Waals surface area contributed by atoms with Crippen LogP contribution in [0.5, 0.6) is 0 Å². The number of urea groups is 1. The third-order valence-electron chi connectivity index (χ3n) is 2.17. The van der Waals surface area contributed by atoms with Gasteiger partial charge in [0.05, 0.1) is 5.56 Å². The second-order valence-corrected chi connectivity index (χ2v) is 4.70. The molecule has 20 heavy (non-hydrogen) atoms. The molecule has 0 aliphatic heterocycles. The fourth-order valence-electron chi connectivity index (χ4n) is 1.22. The number of amides is 3. The molecule has 0 saturated carbocycles. The summed E-state index contributed by atoms with van der Waals surface area (Å²) in [5, 5.41) is 4.45. The highest BCUT2D eigenvalue weighted by Gasteiger charge is 2.20. The van der Waals surface area contributed by atoms with Crippen LogP contribution in [0.1, 0.15) is 24.2 Å². The van der Waals surface area contributed by atoms with Crippen LogP contribution in [0.15, 0.2) is 22.9 Å². The van der Waals surface area contributed by atoms with E-state index in [2.05, 4.69) is 31.5 Å². The van der Waals surface area contributed by atoms with Crippen LogP contribution >= 0.6 is 15.9 Å². The first kappa shape index (κ1) is 16.1. The first-order chi connectivity index (χ1) is 9.43. The monoisotopic (exact) mass is 343 g/mol. The molecule has 0 aliphatic rings. The van der Waals surface area contributed by atoms with Gasteiger partial charge in [-0.2, -0.15) is 0 Å². The molecule has 3 amide bonds. The van der Waals surface area contributed by atoms with E-state index < -0.39 is 24.0 Å². The SMILES string of the molecule is CCNC(=O)NC(=O)C(C)OC(=O)c1cncc(Br)c1. The van der Waals surface area contributed by atoms with Crippen molar-refractivity contribution >= 4 is 33.8 Å². The Kier molecular flexibility index (Phi) is 6.10. The van der Waals surface area contributed by atoms with Gasteiger partial charge in [-0.25, -0.2) is 9.59 Å². The Morgan fingerprint density at radius 2 is 2.10 bits per heavy atom. The van der Waals surface area contributed by atoms with E-state index in [4.69, 9.17) is 4.74 Å². The third-order valence-corrected chi connectivity index (χ3v) is 2.60. The molecule has 1 unspecified atom stereocenters. The number of aromatic nitrogens is 1. The molecule has 1 rings (SSSR count). The summed E-state index contributed by atoms with van der Waals surface area (Å²) in [6.45, 7) is 3.47. The van der Waals surface area contributed by atoms with Crippen molar-refractivity contribution in [3.8, 4) is 0 Å². The Balaban J connectivity index is 2.57. The highest BCUT2D eigenvalue weighted by Crippen LogP contribution is 2.11. The normalized spacial score (nSPS) is 11.3. The molecule has 1 aromatic heterocycles. The summed E-state index contributed by atoms with van der Waals surface area (Å²) < 4.78 is 5.56. The van der Waals surface area contributed by atoms with Crippen molar-refractivity contribution in [2.45, 2.75) is 20.0 Å². The van der Waals surface area contributed by atoms with Gasteiger partial charge in [0.1, 0.15) is 0 Å². The quantitative estimate of drug-likeness (QED) is 0.801. The van der Waals surface area contributed by atoms with Gasteiger partial charge < -0.3 is 10.1 Å². The third kappa shape index (κ3) is 4.96. The molecule has 1 aromatic rings. The van der Waals surface area contributed by atoms with E-state index in [1.807, 2.05) is 0 Å². The first-order valence-corrected chi connectivity index (χ1v) is 6.63. The predicted molar refractivity (Wildman–Crippen MR) is 74.0 cm³/mol. The topological polar surface area (TPSA) is 97.4 Å². The zero-order chi connectivity index (χ0) is 15.1. The van der Waals surface area contributed by atoms with Crippen LogP contribution in [0, 0.1) is 0 Å². The molecule has 1 atom stereocenters. The summed E-state index contributed by atoms with van der Waals surface area (Å²) in [5.74, 6) is -1.40. The van der Waals surface area contributed by atoms with E-state index in [0.29, 0.717) is 11.0 Å². The summed E-state index contributed by atoms with van der Waals surface area (Å²) in [4.78, 5) is 38.3. The number of hydrogen-bond acceptors (Lipinski definition) is 5. The van der Waals surface area contributed by atoms with Crippen molar-refractivity contribution in [3.63, 3.8) is 0 Å². The number of rotatable bonds is 4. The highest BCUT2D eigenvalue weighted by molar-refractivity contribution is 9.10. The van der Waals surface area contributed by atoms with Crippen molar-refractivity contribution in [3.05, 3.63) is 28.5 Å². The lowest BCUT2D eigenvalue weighted by molar-refractivity contribution is -0.127. The van der Waals surface area contributed by atoms with Crippen LogP contribution in [-0.4, -0.2) is 35.5 Å². The van der Waals surface area contributed by atoms with E-state index in [9.17, 15) is 14.4 Å². The minimum absolute atomic E-state index is 0.206. The second-order valence-electron chi connectivity index (χ2n) is 3.79. The Morgan fingerprint density at radius 1 is 1.40 bits per heavy atom. The number of ether oxygens (including phenoxy) is 1. The van der Waals surface area contributed by atoms with Crippen LogP contribution in [0.4, 0.5) is 4.79 Å². The number of carbonyl (C=O) groups excluding carboxylic acids is 3. The van der Waals surface area contributed by atoms with Gasteiger partial charge in [-0.15, -0.1) is 0 Å². The molecule has 0 aliphatic carbocycles. The summed E-state index contributed by atoms with van der Waals surface area (Å²) in [6, 6.07) is 0.883. The van der Waals surface area contributed by atoms with Gasteiger partial charge in [-0.05, 0) is 35.8 Å². The number of imide groups is 1. The molecule has 0 bridgehead atoms. The van der Waals surface area contributed by atoms with Crippen LogP contribution in [0.3, 0.4) is 0 Å². The van der Waals surface area contributed by atoms with Crippen molar-refractivity contribution in [1.29, 1.82) is 0 Å². The fraction of sp³-hybridized carbons (Fsp3) is 0.333. The summed E-state index contributed by atoms with van der Waals surface area (Å²) in [6.07, 6.45) is 1.74. The Morgan fingerprint density at radius 3 is 2.70 bits per heavy atom. The zero-order valence-corrected chi connectivity index (χ0v) is 12.6. The lowest BCUT2D eigenvalue weighted by Crippen LogP contribution is -2.44. The predicted octanol–water partition coefficient (Wildman–Crippen LogP) is 1.24. The van der Waals surface area contributed by atoms with Crippen LogP contribution in [0.2, 0.25) is 0 Å². The maximum absolute atomic E-state index is 11.8. The van der Waals surface area contributed by atoms with Gasteiger partial charge in [-0.3, -0.25) is 15.1 Å².